The maximum atomic E-state index is 5.83. The van der Waals surface area contributed by atoms with Crippen LogP contribution in [0.15, 0.2) is 77.8 Å². The van der Waals surface area contributed by atoms with E-state index in [2.05, 4.69) is 17.2 Å². The van der Waals surface area contributed by atoms with Crippen LogP contribution < -0.4 is 14.8 Å². The topological polar surface area (TPSA) is 42.8 Å². The first-order chi connectivity index (χ1) is 14.3. The van der Waals surface area contributed by atoms with Gasteiger partial charge in [0.25, 0.3) is 0 Å². The summed E-state index contributed by atoms with van der Waals surface area (Å²) in [6.07, 6.45) is 5.24. The number of aliphatic imine (C=N–C) groups is 1. The molecule has 0 amide bonds. The lowest BCUT2D eigenvalue weighted by Gasteiger charge is -2.11. The number of ether oxygens (including phenoxy) is 2. The predicted molar refractivity (Wildman–Crippen MR) is 121 cm³/mol. The number of unbranched alkanes of at least 4 members (excludes halogenated alkanes) is 2. The normalized spacial score (nSPS) is 10.8. The van der Waals surface area contributed by atoms with E-state index in [1.54, 1.807) is 7.11 Å². The molecule has 0 saturated carbocycles. The number of rotatable bonds is 10. The number of methoxy groups -OCH3 is 1. The minimum atomic E-state index is 0.709. The quantitative estimate of drug-likeness (QED) is 0.308. The summed E-state index contributed by atoms with van der Waals surface area (Å²) >= 11 is 0. The summed E-state index contributed by atoms with van der Waals surface area (Å²) in [6.45, 7) is 2.89. The average molecular weight is 389 g/mol. The van der Waals surface area contributed by atoms with Gasteiger partial charge in [-0.15, -0.1) is 0 Å². The van der Waals surface area contributed by atoms with E-state index in [0.717, 1.165) is 40.5 Å². The third-order valence-corrected chi connectivity index (χ3v) is 4.49. The van der Waals surface area contributed by atoms with E-state index in [9.17, 15) is 0 Å². The van der Waals surface area contributed by atoms with Crippen molar-refractivity contribution in [2.24, 2.45) is 4.99 Å². The van der Waals surface area contributed by atoms with Crippen LogP contribution in [0.2, 0.25) is 0 Å². The minimum Gasteiger partial charge on any atom is -0.493 e. The third-order valence-electron chi connectivity index (χ3n) is 4.49. The molecular formula is C25H28N2O2. The third kappa shape index (κ3) is 6.39. The van der Waals surface area contributed by atoms with Crippen molar-refractivity contribution in [2.75, 3.05) is 19.0 Å². The second-order valence-electron chi connectivity index (χ2n) is 6.76. The van der Waals surface area contributed by atoms with Gasteiger partial charge in [-0.2, -0.15) is 0 Å². The number of benzene rings is 3. The van der Waals surface area contributed by atoms with Gasteiger partial charge in [-0.05, 0) is 66.6 Å². The molecule has 3 aromatic carbocycles. The Balaban J connectivity index is 1.61. The van der Waals surface area contributed by atoms with Gasteiger partial charge >= 0.3 is 0 Å². The molecule has 3 rings (SSSR count). The van der Waals surface area contributed by atoms with Crippen molar-refractivity contribution in [3.05, 3.63) is 78.4 Å². The largest absolute Gasteiger partial charge is 0.493 e. The van der Waals surface area contributed by atoms with E-state index < -0.39 is 0 Å². The highest BCUT2D eigenvalue weighted by atomic mass is 16.5. The Kier molecular flexibility index (Phi) is 7.70. The highest BCUT2D eigenvalue weighted by Gasteiger charge is 2.05. The molecule has 0 aliphatic heterocycles. The molecule has 29 heavy (non-hydrogen) atoms. The fourth-order valence-corrected chi connectivity index (χ4v) is 2.89. The van der Waals surface area contributed by atoms with Crippen LogP contribution in [0.5, 0.6) is 11.5 Å². The maximum absolute atomic E-state index is 5.83. The highest BCUT2D eigenvalue weighted by Crippen LogP contribution is 2.28. The molecule has 0 aliphatic carbocycles. The van der Waals surface area contributed by atoms with Crippen molar-refractivity contribution in [1.29, 1.82) is 0 Å². The summed E-state index contributed by atoms with van der Waals surface area (Å²) in [6, 6.07) is 24.0. The lowest BCUT2D eigenvalue weighted by atomic mass is 10.2. The second kappa shape index (κ2) is 10.9. The zero-order valence-corrected chi connectivity index (χ0v) is 17.1. The molecule has 150 valence electrons. The molecule has 3 aromatic rings. The summed E-state index contributed by atoms with van der Waals surface area (Å²) in [5.74, 6) is 1.50. The fourth-order valence-electron chi connectivity index (χ4n) is 2.89. The van der Waals surface area contributed by atoms with Crippen molar-refractivity contribution >= 4 is 23.3 Å². The Morgan fingerprint density at radius 3 is 2.34 bits per heavy atom. The molecule has 0 spiro atoms. The number of nitrogens with one attached hydrogen (secondary N) is 1. The van der Waals surface area contributed by atoms with Crippen molar-refractivity contribution in [3.63, 3.8) is 0 Å². The Morgan fingerprint density at radius 1 is 0.862 bits per heavy atom. The van der Waals surface area contributed by atoms with E-state index in [1.807, 2.05) is 79.0 Å². The first-order valence-corrected chi connectivity index (χ1v) is 10.1. The van der Waals surface area contributed by atoms with Crippen molar-refractivity contribution in [3.8, 4) is 11.5 Å². The first-order valence-electron chi connectivity index (χ1n) is 10.1. The molecule has 0 heterocycles. The predicted octanol–water partition coefficient (Wildman–Crippen LogP) is 6.76. The number of hydrogen-bond donors (Lipinski definition) is 1. The Morgan fingerprint density at radius 2 is 1.62 bits per heavy atom. The van der Waals surface area contributed by atoms with Crippen LogP contribution in [0.25, 0.3) is 0 Å². The summed E-state index contributed by atoms with van der Waals surface area (Å²) in [4.78, 5) is 4.57. The molecule has 0 aromatic heterocycles. The first kappa shape index (κ1) is 20.5. The van der Waals surface area contributed by atoms with Crippen LogP contribution in [0.3, 0.4) is 0 Å². The van der Waals surface area contributed by atoms with Gasteiger partial charge in [-0.25, -0.2) is 0 Å². The summed E-state index contributed by atoms with van der Waals surface area (Å²) in [5.41, 5.74) is 3.95. The van der Waals surface area contributed by atoms with E-state index in [0.29, 0.717) is 6.61 Å². The van der Waals surface area contributed by atoms with E-state index in [-0.39, 0.29) is 0 Å². The molecule has 4 heteroatoms. The molecule has 0 radical (unpaired) electrons. The maximum Gasteiger partial charge on any atom is 0.161 e. The molecule has 0 fully saturated rings. The van der Waals surface area contributed by atoms with E-state index in [1.165, 1.54) is 12.8 Å². The van der Waals surface area contributed by atoms with Gasteiger partial charge in [0, 0.05) is 17.6 Å². The van der Waals surface area contributed by atoms with Crippen LogP contribution in [-0.4, -0.2) is 19.9 Å². The standard InChI is InChI=1S/C25H28N2O2/c1-3-4-8-17-29-24-16-11-20(18-25(24)28-2)19-26-21-12-14-23(15-13-21)27-22-9-6-5-7-10-22/h5-7,9-16,18-19,27H,3-4,8,17H2,1-2H3. The van der Waals surface area contributed by atoms with Crippen LogP contribution in [-0.2, 0) is 0 Å². The summed E-state index contributed by atoms with van der Waals surface area (Å²) < 4.78 is 11.3. The fraction of sp³-hybridized carbons (Fsp3) is 0.240. The number of nitrogens with zero attached hydrogens (tertiary/aromatic N) is 1. The molecule has 0 saturated heterocycles. The molecular weight excluding hydrogens is 360 g/mol. The van der Waals surface area contributed by atoms with Crippen LogP contribution in [0, 0.1) is 0 Å². The molecule has 0 atom stereocenters. The minimum absolute atomic E-state index is 0.709. The van der Waals surface area contributed by atoms with Gasteiger partial charge in [0.2, 0.25) is 0 Å². The second-order valence-corrected chi connectivity index (χ2v) is 6.76. The van der Waals surface area contributed by atoms with E-state index in [4.69, 9.17) is 9.47 Å². The van der Waals surface area contributed by atoms with Gasteiger partial charge in [-0.1, -0.05) is 38.0 Å². The molecule has 0 unspecified atom stereocenters. The van der Waals surface area contributed by atoms with Crippen LogP contribution >= 0.6 is 0 Å². The average Bonchev–Trinajstić information content (AvgIpc) is 2.77. The summed E-state index contributed by atoms with van der Waals surface area (Å²) in [5, 5.41) is 3.37. The van der Waals surface area contributed by atoms with Crippen LogP contribution in [0.4, 0.5) is 17.1 Å². The van der Waals surface area contributed by atoms with Crippen molar-refractivity contribution in [2.45, 2.75) is 26.2 Å². The Bertz CT molecular complexity index is 906. The Labute approximate surface area is 173 Å². The lowest BCUT2D eigenvalue weighted by Crippen LogP contribution is -1.99. The zero-order chi connectivity index (χ0) is 20.3. The van der Waals surface area contributed by atoms with Gasteiger partial charge in [0.05, 0.1) is 19.4 Å². The lowest BCUT2D eigenvalue weighted by molar-refractivity contribution is 0.286. The number of hydrogen-bond acceptors (Lipinski definition) is 4. The Hall–Kier alpha value is -3.27. The molecule has 0 bridgehead atoms. The SMILES string of the molecule is CCCCCOc1ccc(C=Nc2ccc(Nc3ccccc3)cc2)cc1OC. The molecule has 4 nitrogen and oxygen atoms in total. The van der Waals surface area contributed by atoms with Gasteiger partial charge in [0.1, 0.15) is 0 Å². The van der Waals surface area contributed by atoms with E-state index >= 15 is 0 Å². The van der Waals surface area contributed by atoms with Gasteiger partial charge in [0.15, 0.2) is 11.5 Å². The smallest absolute Gasteiger partial charge is 0.161 e. The number of anilines is 2. The van der Waals surface area contributed by atoms with Crippen molar-refractivity contribution < 1.29 is 9.47 Å². The summed E-state index contributed by atoms with van der Waals surface area (Å²) in [7, 11) is 1.66. The highest BCUT2D eigenvalue weighted by molar-refractivity contribution is 5.83. The van der Waals surface area contributed by atoms with Crippen molar-refractivity contribution in [1.82, 2.24) is 0 Å². The number of para-hydroxylation sites is 1. The van der Waals surface area contributed by atoms with Crippen LogP contribution in [0.1, 0.15) is 31.7 Å². The molecule has 0 aliphatic rings. The zero-order valence-electron chi connectivity index (χ0n) is 17.1. The van der Waals surface area contributed by atoms with Gasteiger partial charge in [-0.3, -0.25) is 4.99 Å². The molecule has 1 N–H and O–H groups in total. The monoisotopic (exact) mass is 388 g/mol. The van der Waals surface area contributed by atoms with Gasteiger partial charge < -0.3 is 14.8 Å².